The van der Waals surface area contributed by atoms with Crippen LogP contribution >= 0.6 is 0 Å². The fraction of sp³-hybridized carbons (Fsp3) is 0.333. The molecule has 0 aromatic carbocycles. The van der Waals surface area contributed by atoms with E-state index in [1.54, 1.807) is 13.8 Å². The van der Waals surface area contributed by atoms with Crippen LogP contribution in [-0.4, -0.2) is 25.2 Å². The van der Waals surface area contributed by atoms with Gasteiger partial charge in [0.2, 0.25) is 0 Å². The van der Waals surface area contributed by atoms with Gasteiger partial charge in [-0.1, -0.05) is 0 Å². The summed E-state index contributed by atoms with van der Waals surface area (Å²) in [5, 5.41) is 9.07. The fourth-order valence-electron chi connectivity index (χ4n) is 1.98. The van der Waals surface area contributed by atoms with Crippen LogP contribution in [0.1, 0.15) is 24.2 Å². The van der Waals surface area contributed by atoms with Crippen molar-refractivity contribution in [3.05, 3.63) is 38.7 Å². The van der Waals surface area contributed by atoms with Crippen LogP contribution in [-0.2, 0) is 13.1 Å². The van der Waals surface area contributed by atoms with E-state index in [2.05, 4.69) is 4.98 Å². The van der Waals surface area contributed by atoms with E-state index in [1.165, 1.54) is 10.6 Å². The number of rotatable bonds is 3. The molecule has 2 aromatic rings. The number of hydrogen-bond donors (Lipinski definition) is 1. The molecule has 0 atom stereocenters. The van der Waals surface area contributed by atoms with Gasteiger partial charge in [-0.25, -0.2) is 14.6 Å². The predicted octanol–water partition coefficient (Wildman–Crippen LogP) is 0.296. The molecule has 0 amide bonds. The molecule has 1 N–H and O–H groups in total. The van der Waals surface area contributed by atoms with Crippen molar-refractivity contribution in [2.24, 2.45) is 0 Å². The molecule has 0 saturated carbocycles. The summed E-state index contributed by atoms with van der Waals surface area (Å²) in [4.78, 5) is 39.0. The highest BCUT2D eigenvalue weighted by Gasteiger charge is 2.14. The first kappa shape index (κ1) is 13.0. The second-order valence-electron chi connectivity index (χ2n) is 3.98. The van der Waals surface area contributed by atoms with E-state index >= 15 is 0 Å². The summed E-state index contributed by atoms with van der Waals surface area (Å²) < 4.78 is 2.42. The second-order valence-corrected chi connectivity index (χ2v) is 3.98. The molecular weight excluding hydrogens is 250 g/mol. The number of aryl methyl sites for hydroxylation is 1. The van der Waals surface area contributed by atoms with E-state index < -0.39 is 17.2 Å². The maximum Gasteiger partial charge on any atom is 0.337 e. The van der Waals surface area contributed by atoms with E-state index in [9.17, 15) is 14.4 Å². The summed E-state index contributed by atoms with van der Waals surface area (Å²) >= 11 is 0. The SMILES string of the molecule is CCn1c(=O)c2cc(C(=O)O)cnc2n(CC)c1=O. The van der Waals surface area contributed by atoms with E-state index in [0.717, 1.165) is 10.8 Å². The highest BCUT2D eigenvalue weighted by atomic mass is 16.4. The Kier molecular flexibility index (Phi) is 3.20. The number of carboxylic acids is 1. The minimum Gasteiger partial charge on any atom is -0.478 e. The molecule has 19 heavy (non-hydrogen) atoms. The van der Waals surface area contributed by atoms with Gasteiger partial charge in [-0.15, -0.1) is 0 Å². The van der Waals surface area contributed by atoms with Crippen molar-refractivity contribution in [2.45, 2.75) is 26.9 Å². The predicted molar refractivity (Wildman–Crippen MR) is 68.6 cm³/mol. The quantitative estimate of drug-likeness (QED) is 0.859. The molecule has 0 aliphatic rings. The van der Waals surface area contributed by atoms with Crippen molar-refractivity contribution in [2.75, 3.05) is 0 Å². The van der Waals surface area contributed by atoms with Crippen LogP contribution in [0.25, 0.3) is 11.0 Å². The molecular formula is C12H13N3O4. The van der Waals surface area contributed by atoms with Gasteiger partial charge in [0.25, 0.3) is 5.56 Å². The number of carbonyl (C=O) groups is 1. The van der Waals surface area contributed by atoms with Crippen LogP contribution in [0.4, 0.5) is 0 Å². The maximum atomic E-state index is 12.1. The van der Waals surface area contributed by atoms with Gasteiger partial charge in [-0.05, 0) is 19.9 Å². The van der Waals surface area contributed by atoms with Gasteiger partial charge >= 0.3 is 11.7 Å². The minimum absolute atomic E-state index is 0.0754. The van der Waals surface area contributed by atoms with E-state index in [-0.39, 0.29) is 23.1 Å². The van der Waals surface area contributed by atoms with Gasteiger partial charge in [-0.3, -0.25) is 13.9 Å². The Balaban J connectivity index is 3.00. The lowest BCUT2D eigenvalue weighted by atomic mass is 10.2. The third-order valence-electron chi connectivity index (χ3n) is 2.94. The first-order valence-corrected chi connectivity index (χ1v) is 5.87. The Labute approximate surface area is 107 Å². The van der Waals surface area contributed by atoms with Crippen molar-refractivity contribution >= 4 is 17.0 Å². The number of pyridine rings is 1. The van der Waals surface area contributed by atoms with Gasteiger partial charge in [-0.2, -0.15) is 0 Å². The molecule has 0 aliphatic heterocycles. The molecule has 0 saturated heterocycles. The molecule has 0 radical (unpaired) electrons. The molecule has 0 unspecified atom stereocenters. The van der Waals surface area contributed by atoms with E-state index in [1.807, 2.05) is 0 Å². The Hall–Kier alpha value is -2.44. The molecule has 0 spiro atoms. The lowest BCUT2D eigenvalue weighted by Crippen LogP contribution is -2.39. The van der Waals surface area contributed by atoms with Gasteiger partial charge in [0.15, 0.2) is 0 Å². The number of fused-ring (bicyclic) bond motifs is 1. The Morgan fingerprint density at radius 2 is 1.89 bits per heavy atom. The standard InChI is InChI=1S/C12H13N3O4/c1-3-14-9-8(5-7(6-13-9)11(17)18)10(16)15(4-2)12(14)19/h5-6H,3-4H2,1-2H3,(H,17,18). The Bertz CT molecular complexity index is 773. The Morgan fingerprint density at radius 3 is 2.42 bits per heavy atom. The molecule has 2 rings (SSSR count). The van der Waals surface area contributed by atoms with Gasteiger partial charge in [0.1, 0.15) is 5.65 Å². The number of carboxylic acid groups (broad SMARTS) is 1. The average molecular weight is 263 g/mol. The molecule has 7 nitrogen and oxygen atoms in total. The van der Waals surface area contributed by atoms with E-state index in [4.69, 9.17) is 5.11 Å². The van der Waals surface area contributed by atoms with E-state index in [0.29, 0.717) is 6.54 Å². The average Bonchev–Trinajstić information content (AvgIpc) is 2.39. The van der Waals surface area contributed by atoms with Crippen molar-refractivity contribution in [1.82, 2.24) is 14.1 Å². The molecule has 2 aromatic heterocycles. The lowest BCUT2D eigenvalue weighted by molar-refractivity contribution is 0.0696. The number of nitrogens with zero attached hydrogens (tertiary/aromatic N) is 3. The largest absolute Gasteiger partial charge is 0.478 e. The minimum atomic E-state index is -1.16. The highest BCUT2D eigenvalue weighted by molar-refractivity contribution is 5.91. The number of hydrogen-bond acceptors (Lipinski definition) is 4. The van der Waals surface area contributed by atoms with Crippen LogP contribution in [0.2, 0.25) is 0 Å². The second kappa shape index (κ2) is 4.68. The normalized spacial score (nSPS) is 10.8. The molecule has 0 aliphatic carbocycles. The monoisotopic (exact) mass is 263 g/mol. The number of aromatic nitrogens is 3. The van der Waals surface area contributed by atoms with Gasteiger partial charge < -0.3 is 5.11 Å². The van der Waals surface area contributed by atoms with Crippen molar-refractivity contribution in [1.29, 1.82) is 0 Å². The van der Waals surface area contributed by atoms with Crippen LogP contribution in [0.15, 0.2) is 21.9 Å². The summed E-state index contributed by atoms with van der Waals surface area (Å²) in [5.74, 6) is -1.16. The summed E-state index contributed by atoms with van der Waals surface area (Å²) in [7, 11) is 0. The molecule has 0 bridgehead atoms. The summed E-state index contributed by atoms with van der Waals surface area (Å²) in [6.45, 7) is 4.03. The first-order valence-electron chi connectivity index (χ1n) is 5.87. The summed E-state index contributed by atoms with van der Waals surface area (Å²) in [6.07, 6.45) is 1.14. The van der Waals surface area contributed by atoms with Crippen LogP contribution < -0.4 is 11.2 Å². The van der Waals surface area contributed by atoms with Crippen LogP contribution in [0.5, 0.6) is 0 Å². The Morgan fingerprint density at radius 1 is 1.26 bits per heavy atom. The zero-order chi connectivity index (χ0) is 14.2. The topological polar surface area (TPSA) is 94.2 Å². The van der Waals surface area contributed by atoms with Gasteiger partial charge in [0.05, 0.1) is 10.9 Å². The zero-order valence-electron chi connectivity index (χ0n) is 10.6. The van der Waals surface area contributed by atoms with Crippen molar-refractivity contribution in [3.8, 4) is 0 Å². The summed E-state index contributed by atoms with van der Waals surface area (Å²) in [6, 6.07) is 1.25. The third kappa shape index (κ3) is 1.92. The van der Waals surface area contributed by atoms with Crippen molar-refractivity contribution in [3.63, 3.8) is 0 Å². The molecule has 100 valence electrons. The van der Waals surface area contributed by atoms with Crippen LogP contribution in [0.3, 0.4) is 0 Å². The maximum absolute atomic E-state index is 12.1. The van der Waals surface area contributed by atoms with Crippen molar-refractivity contribution < 1.29 is 9.90 Å². The smallest absolute Gasteiger partial charge is 0.337 e. The van der Waals surface area contributed by atoms with Gasteiger partial charge in [0, 0.05) is 19.3 Å². The first-order chi connectivity index (χ1) is 9.01. The molecule has 7 heteroatoms. The lowest BCUT2D eigenvalue weighted by Gasteiger charge is -2.10. The highest BCUT2D eigenvalue weighted by Crippen LogP contribution is 2.08. The molecule has 2 heterocycles. The fourth-order valence-corrected chi connectivity index (χ4v) is 1.98. The number of aromatic carboxylic acids is 1. The summed E-state index contributed by atoms with van der Waals surface area (Å²) in [5.41, 5.74) is -0.804. The molecule has 0 fully saturated rings. The zero-order valence-corrected chi connectivity index (χ0v) is 10.6. The van der Waals surface area contributed by atoms with Crippen LogP contribution in [0, 0.1) is 0 Å². The third-order valence-corrected chi connectivity index (χ3v) is 2.94.